The molecule has 0 aromatic carbocycles. The molecular formula is C16H23ClN2O4. The first kappa shape index (κ1) is 17.8. The fourth-order valence-electron chi connectivity index (χ4n) is 3.72. The van der Waals surface area contributed by atoms with Gasteiger partial charge in [-0.2, -0.15) is 0 Å². The van der Waals surface area contributed by atoms with Crippen molar-refractivity contribution < 1.29 is 19.8 Å². The number of carboxylic acids is 2. The lowest BCUT2D eigenvalue weighted by molar-refractivity contribution is -0.155. The number of nitrogens with zero attached hydrogens (tertiary/aromatic N) is 2. The molecular weight excluding hydrogens is 320 g/mol. The summed E-state index contributed by atoms with van der Waals surface area (Å²) < 4.78 is 0. The fourth-order valence-corrected chi connectivity index (χ4v) is 4.48. The largest absolute Gasteiger partial charge is 0.480 e. The van der Waals surface area contributed by atoms with E-state index in [4.69, 9.17) is 11.6 Å². The van der Waals surface area contributed by atoms with E-state index in [2.05, 4.69) is 4.99 Å². The highest BCUT2D eigenvalue weighted by atomic mass is 35.5. The van der Waals surface area contributed by atoms with Gasteiger partial charge >= 0.3 is 11.9 Å². The number of fused-ring (bicyclic) bond motifs is 1. The Morgan fingerprint density at radius 1 is 1.39 bits per heavy atom. The highest BCUT2D eigenvalue weighted by molar-refractivity contribution is 6.25. The third kappa shape index (κ3) is 2.18. The van der Waals surface area contributed by atoms with Crippen LogP contribution in [-0.2, 0) is 9.59 Å². The Hall–Kier alpha value is -1.56. The molecule has 7 heteroatoms. The van der Waals surface area contributed by atoms with Crippen LogP contribution < -0.4 is 0 Å². The maximum Gasteiger partial charge on any atom is 0.333 e. The molecule has 2 rings (SSSR count). The van der Waals surface area contributed by atoms with Crippen LogP contribution in [0.15, 0.2) is 16.6 Å². The van der Waals surface area contributed by atoms with E-state index in [0.717, 1.165) is 0 Å². The normalized spacial score (nSPS) is 33.8. The van der Waals surface area contributed by atoms with Gasteiger partial charge in [-0.3, -0.25) is 4.79 Å². The molecule has 3 atom stereocenters. The number of alkyl halides is 1. The van der Waals surface area contributed by atoms with Gasteiger partial charge in [-0.25, -0.2) is 9.79 Å². The summed E-state index contributed by atoms with van der Waals surface area (Å²) in [6, 6.07) is 0. The molecule has 0 saturated heterocycles. The Morgan fingerprint density at radius 3 is 2.35 bits per heavy atom. The van der Waals surface area contributed by atoms with E-state index in [0.29, 0.717) is 17.8 Å². The van der Waals surface area contributed by atoms with Crippen LogP contribution in [0.3, 0.4) is 0 Å². The first-order valence-electron chi connectivity index (χ1n) is 7.60. The van der Waals surface area contributed by atoms with Crippen molar-refractivity contribution in [2.45, 2.75) is 52.1 Å². The van der Waals surface area contributed by atoms with E-state index >= 15 is 0 Å². The standard InChI is InChI=1S/C16H23ClN2O4/c1-6-15(12(20)21)8-19-10(18-15)7-9(2)16(11(19)17,13(22)23)14(3,4)5/h7,11H,6,8H2,1-5H3,(H,20,21)(H,22,23). The van der Waals surface area contributed by atoms with Gasteiger partial charge in [0.1, 0.15) is 16.8 Å². The van der Waals surface area contributed by atoms with Gasteiger partial charge in [0.2, 0.25) is 0 Å². The molecule has 128 valence electrons. The summed E-state index contributed by atoms with van der Waals surface area (Å²) in [5.74, 6) is -1.58. The summed E-state index contributed by atoms with van der Waals surface area (Å²) in [6.07, 6.45) is 1.98. The van der Waals surface area contributed by atoms with E-state index in [-0.39, 0.29) is 6.54 Å². The predicted octanol–water partition coefficient (Wildman–Crippen LogP) is 2.58. The lowest BCUT2D eigenvalue weighted by Gasteiger charge is -2.50. The van der Waals surface area contributed by atoms with Crippen molar-refractivity contribution >= 4 is 29.4 Å². The molecule has 0 fully saturated rings. The van der Waals surface area contributed by atoms with Gasteiger partial charge in [0.15, 0.2) is 5.54 Å². The number of carbonyl (C=O) groups is 2. The van der Waals surface area contributed by atoms with E-state index in [1.165, 1.54) is 0 Å². The summed E-state index contributed by atoms with van der Waals surface area (Å²) in [4.78, 5) is 29.8. The molecule has 0 aromatic heterocycles. The Morgan fingerprint density at radius 2 is 1.96 bits per heavy atom. The first-order chi connectivity index (χ1) is 10.4. The number of carboxylic acid groups (broad SMARTS) is 2. The van der Waals surface area contributed by atoms with Crippen LogP contribution in [0.1, 0.15) is 41.0 Å². The fraction of sp³-hybridized carbons (Fsp3) is 0.688. The topological polar surface area (TPSA) is 90.2 Å². The van der Waals surface area contributed by atoms with Crippen LogP contribution in [0.25, 0.3) is 0 Å². The summed E-state index contributed by atoms with van der Waals surface area (Å²) in [5.41, 5.74) is -3.57. The molecule has 0 bridgehead atoms. The Balaban J connectivity index is 2.62. The van der Waals surface area contributed by atoms with Gasteiger partial charge in [0.25, 0.3) is 0 Å². The van der Waals surface area contributed by atoms with E-state index in [1.54, 1.807) is 24.8 Å². The number of aliphatic carboxylic acids is 2. The molecule has 2 heterocycles. The van der Waals surface area contributed by atoms with Crippen molar-refractivity contribution in [2.75, 3.05) is 6.54 Å². The van der Waals surface area contributed by atoms with E-state index < -0.39 is 33.8 Å². The number of amidine groups is 1. The molecule has 0 spiro atoms. The third-order valence-corrected chi connectivity index (χ3v) is 5.72. The zero-order valence-electron chi connectivity index (χ0n) is 14.1. The third-order valence-electron chi connectivity index (χ3n) is 5.16. The van der Waals surface area contributed by atoms with Gasteiger partial charge in [0, 0.05) is 0 Å². The quantitative estimate of drug-likeness (QED) is 0.607. The van der Waals surface area contributed by atoms with Crippen LogP contribution >= 0.6 is 11.6 Å². The van der Waals surface area contributed by atoms with Crippen molar-refractivity contribution in [2.24, 2.45) is 15.8 Å². The summed E-state index contributed by atoms with van der Waals surface area (Å²) >= 11 is 6.63. The van der Waals surface area contributed by atoms with Crippen LogP contribution in [0, 0.1) is 10.8 Å². The maximum absolute atomic E-state index is 12.2. The zero-order valence-corrected chi connectivity index (χ0v) is 14.8. The van der Waals surface area contributed by atoms with Crippen LogP contribution in [0.2, 0.25) is 0 Å². The molecule has 2 aliphatic rings. The van der Waals surface area contributed by atoms with Crippen molar-refractivity contribution in [3.05, 3.63) is 11.6 Å². The molecule has 23 heavy (non-hydrogen) atoms. The molecule has 2 aliphatic heterocycles. The number of halogens is 1. The number of hydrogen-bond donors (Lipinski definition) is 2. The Kier molecular flexibility index (Phi) is 4.04. The van der Waals surface area contributed by atoms with Crippen molar-refractivity contribution in [3.63, 3.8) is 0 Å². The van der Waals surface area contributed by atoms with Crippen molar-refractivity contribution in [1.82, 2.24) is 4.90 Å². The minimum atomic E-state index is -1.32. The molecule has 6 nitrogen and oxygen atoms in total. The molecule has 2 N–H and O–H groups in total. The van der Waals surface area contributed by atoms with Crippen LogP contribution in [0.4, 0.5) is 0 Å². The molecule has 3 unspecified atom stereocenters. The number of hydrogen-bond acceptors (Lipinski definition) is 4. The second kappa shape index (κ2) is 5.23. The first-order valence-corrected chi connectivity index (χ1v) is 8.04. The molecule has 0 saturated carbocycles. The molecule has 0 amide bonds. The lowest BCUT2D eigenvalue weighted by Crippen LogP contribution is -2.60. The molecule has 0 aromatic rings. The lowest BCUT2D eigenvalue weighted by atomic mass is 9.60. The summed E-state index contributed by atoms with van der Waals surface area (Å²) in [7, 11) is 0. The summed E-state index contributed by atoms with van der Waals surface area (Å²) in [5, 5.41) is 19.5. The van der Waals surface area contributed by atoms with Gasteiger partial charge in [-0.15, -0.1) is 0 Å². The van der Waals surface area contributed by atoms with Crippen LogP contribution in [0.5, 0.6) is 0 Å². The second-order valence-corrected chi connectivity index (χ2v) is 7.73. The number of rotatable bonds is 3. The number of aliphatic imine (C=N–C) groups is 1. The Bertz CT molecular complexity index is 622. The van der Waals surface area contributed by atoms with E-state index in [9.17, 15) is 19.8 Å². The Labute approximate surface area is 140 Å². The highest BCUT2D eigenvalue weighted by Gasteiger charge is 2.62. The average Bonchev–Trinajstić information content (AvgIpc) is 2.77. The predicted molar refractivity (Wildman–Crippen MR) is 87.7 cm³/mol. The average molecular weight is 343 g/mol. The van der Waals surface area contributed by atoms with Crippen LogP contribution in [-0.4, -0.2) is 50.5 Å². The smallest absolute Gasteiger partial charge is 0.333 e. The van der Waals surface area contributed by atoms with Gasteiger partial charge in [-0.1, -0.05) is 39.3 Å². The SMILES string of the molecule is CCC1(C(=O)O)CN2C(=N1)C=C(C)C(C(=O)O)(C(C)(C)C)C2Cl. The maximum atomic E-state index is 12.2. The van der Waals surface area contributed by atoms with Gasteiger partial charge < -0.3 is 15.1 Å². The summed E-state index contributed by atoms with van der Waals surface area (Å²) in [6.45, 7) is 9.05. The van der Waals surface area contributed by atoms with Crippen molar-refractivity contribution in [3.8, 4) is 0 Å². The van der Waals surface area contributed by atoms with Crippen molar-refractivity contribution in [1.29, 1.82) is 0 Å². The minimum absolute atomic E-state index is 0.0806. The molecule has 0 aliphatic carbocycles. The second-order valence-electron chi connectivity index (χ2n) is 7.31. The van der Waals surface area contributed by atoms with E-state index in [1.807, 2.05) is 20.8 Å². The van der Waals surface area contributed by atoms with Gasteiger partial charge in [-0.05, 0) is 30.4 Å². The zero-order chi connectivity index (χ0) is 17.8. The minimum Gasteiger partial charge on any atom is -0.480 e. The highest BCUT2D eigenvalue weighted by Crippen LogP contribution is 2.54. The van der Waals surface area contributed by atoms with Gasteiger partial charge in [0.05, 0.1) is 6.54 Å². The molecule has 0 radical (unpaired) electrons. The monoisotopic (exact) mass is 342 g/mol.